The molecule has 3 nitrogen and oxygen atoms in total. The standard InChI is InChI=1S/C14H16BNO2/c1-3-18-14(17)9(2)6-10-8-16-13-5-4-11(15)7-12(10)13/h4-5,7-9,16H,3,6H2,1-2H3. The molecule has 2 rings (SSSR count). The van der Waals surface area contributed by atoms with E-state index in [0.717, 1.165) is 21.9 Å². The molecule has 2 aromatic rings. The third kappa shape index (κ3) is 2.58. The molecule has 0 aliphatic carbocycles. The lowest BCUT2D eigenvalue weighted by Gasteiger charge is -2.09. The van der Waals surface area contributed by atoms with E-state index in [0.29, 0.717) is 13.0 Å². The predicted molar refractivity (Wildman–Crippen MR) is 73.2 cm³/mol. The second kappa shape index (κ2) is 5.30. The van der Waals surface area contributed by atoms with Crippen LogP contribution in [0.5, 0.6) is 0 Å². The Bertz CT molecular complexity index is 562. The summed E-state index contributed by atoms with van der Waals surface area (Å²) in [5.41, 5.74) is 2.86. The summed E-state index contributed by atoms with van der Waals surface area (Å²) in [4.78, 5) is 14.8. The van der Waals surface area contributed by atoms with Crippen molar-refractivity contribution in [2.75, 3.05) is 6.61 Å². The van der Waals surface area contributed by atoms with Gasteiger partial charge in [-0.25, -0.2) is 0 Å². The summed E-state index contributed by atoms with van der Waals surface area (Å²) >= 11 is 0. The summed E-state index contributed by atoms with van der Waals surface area (Å²) in [6, 6.07) is 5.74. The van der Waals surface area contributed by atoms with E-state index in [-0.39, 0.29) is 11.9 Å². The first kappa shape index (κ1) is 12.7. The molecule has 1 N–H and O–H groups in total. The Balaban J connectivity index is 2.21. The maximum Gasteiger partial charge on any atom is 0.308 e. The SMILES string of the molecule is [B]c1ccc2[nH]cc(CC(C)C(=O)OCC)c2c1. The highest BCUT2D eigenvalue weighted by Crippen LogP contribution is 2.20. The topological polar surface area (TPSA) is 42.1 Å². The molecule has 1 heterocycles. The van der Waals surface area contributed by atoms with Crippen molar-refractivity contribution in [3.63, 3.8) is 0 Å². The molecule has 4 heteroatoms. The molecule has 1 unspecified atom stereocenters. The number of esters is 1. The third-order valence-corrected chi connectivity index (χ3v) is 3.01. The zero-order chi connectivity index (χ0) is 13.1. The first-order valence-corrected chi connectivity index (χ1v) is 6.14. The van der Waals surface area contributed by atoms with E-state index in [9.17, 15) is 4.79 Å². The lowest BCUT2D eigenvalue weighted by atomic mass is 9.93. The van der Waals surface area contributed by atoms with Gasteiger partial charge in [0.25, 0.3) is 0 Å². The van der Waals surface area contributed by atoms with E-state index < -0.39 is 0 Å². The van der Waals surface area contributed by atoms with Gasteiger partial charge in [-0.3, -0.25) is 4.79 Å². The second-order valence-corrected chi connectivity index (χ2v) is 4.48. The molecule has 1 aromatic carbocycles. The highest BCUT2D eigenvalue weighted by atomic mass is 16.5. The van der Waals surface area contributed by atoms with Crippen LogP contribution in [0.4, 0.5) is 0 Å². The first-order chi connectivity index (χ1) is 8.61. The van der Waals surface area contributed by atoms with Gasteiger partial charge in [0.2, 0.25) is 0 Å². The van der Waals surface area contributed by atoms with Gasteiger partial charge in [-0.2, -0.15) is 0 Å². The number of hydrogen-bond acceptors (Lipinski definition) is 2. The van der Waals surface area contributed by atoms with Crippen LogP contribution in [0.2, 0.25) is 0 Å². The van der Waals surface area contributed by atoms with E-state index in [1.165, 1.54) is 0 Å². The molecule has 1 atom stereocenters. The van der Waals surface area contributed by atoms with Gasteiger partial charge in [0.15, 0.2) is 0 Å². The number of fused-ring (bicyclic) bond motifs is 1. The van der Waals surface area contributed by atoms with Gasteiger partial charge < -0.3 is 9.72 Å². The monoisotopic (exact) mass is 241 g/mol. The van der Waals surface area contributed by atoms with Crippen molar-refractivity contribution in [3.05, 3.63) is 30.0 Å². The molecule has 18 heavy (non-hydrogen) atoms. The van der Waals surface area contributed by atoms with Gasteiger partial charge in [-0.15, -0.1) is 0 Å². The molecule has 0 bridgehead atoms. The first-order valence-electron chi connectivity index (χ1n) is 6.14. The molecular formula is C14H16BNO2. The minimum absolute atomic E-state index is 0.148. The number of aromatic nitrogens is 1. The van der Waals surface area contributed by atoms with Crippen LogP contribution in [-0.4, -0.2) is 25.4 Å². The van der Waals surface area contributed by atoms with Gasteiger partial charge >= 0.3 is 5.97 Å². The molecule has 0 aliphatic heterocycles. The van der Waals surface area contributed by atoms with E-state index >= 15 is 0 Å². The molecule has 2 radical (unpaired) electrons. The number of hydrogen-bond donors (Lipinski definition) is 1. The molecule has 92 valence electrons. The fourth-order valence-electron chi connectivity index (χ4n) is 2.06. The number of ether oxygens (including phenoxy) is 1. The van der Waals surface area contributed by atoms with Crippen molar-refractivity contribution in [1.82, 2.24) is 4.98 Å². The lowest BCUT2D eigenvalue weighted by Crippen LogP contribution is -2.16. The number of aromatic amines is 1. The molecular weight excluding hydrogens is 225 g/mol. The fraction of sp³-hybridized carbons (Fsp3) is 0.357. The van der Waals surface area contributed by atoms with Crippen LogP contribution >= 0.6 is 0 Å². The number of carbonyl (C=O) groups excluding carboxylic acids is 1. The second-order valence-electron chi connectivity index (χ2n) is 4.48. The Labute approximate surface area is 108 Å². The van der Waals surface area contributed by atoms with Gasteiger partial charge in [-0.05, 0) is 25.0 Å². The summed E-state index contributed by atoms with van der Waals surface area (Å²) in [5.74, 6) is -0.305. The van der Waals surface area contributed by atoms with Gasteiger partial charge in [-0.1, -0.05) is 24.5 Å². The van der Waals surface area contributed by atoms with Crippen molar-refractivity contribution >= 4 is 30.2 Å². The smallest absolute Gasteiger partial charge is 0.308 e. The van der Waals surface area contributed by atoms with Crippen LogP contribution in [0, 0.1) is 5.92 Å². The minimum atomic E-state index is -0.157. The summed E-state index contributed by atoms with van der Waals surface area (Å²) in [6.45, 7) is 4.12. The van der Waals surface area contributed by atoms with Crippen LogP contribution in [0.15, 0.2) is 24.4 Å². The molecule has 1 aromatic heterocycles. The van der Waals surface area contributed by atoms with Crippen molar-refractivity contribution in [3.8, 4) is 0 Å². The predicted octanol–water partition coefficient (Wildman–Crippen LogP) is 1.70. The van der Waals surface area contributed by atoms with Gasteiger partial charge in [0.05, 0.1) is 12.5 Å². The largest absolute Gasteiger partial charge is 0.466 e. The van der Waals surface area contributed by atoms with Gasteiger partial charge in [0, 0.05) is 17.1 Å². The summed E-state index contributed by atoms with van der Waals surface area (Å²) in [7, 11) is 5.78. The van der Waals surface area contributed by atoms with E-state index in [2.05, 4.69) is 4.98 Å². The number of benzene rings is 1. The van der Waals surface area contributed by atoms with Crippen molar-refractivity contribution in [2.24, 2.45) is 5.92 Å². The summed E-state index contributed by atoms with van der Waals surface area (Å²) in [6.07, 6.45) is 2.59. The van der Waals surface area contributed by atoms with E-state index in [1.54, 1.807) is 0 Å². The highest BCUT2D eigenvalue weighted by Gasteiger charge is 2.16. The molecule has 0 aliphatic rings. The molecule has 0 saturated carbocycles. The van der Waals surface area contributed by atoms with Crippen molar-refractivity contribution < 1.29 is 9.53 Å². The highest BCUT2D eigenvalue weighted by molar-refractivity contribution is 6.33. The molecule has 0 amide bonds. The van der Waals surface area contributed by atoms with Crippen LogP contribution in [-0.2, 0) is 16.0 Å². The average molecular weight is 241 g/mol. The Morgan fingerprint density at radius 1 is 1.50 bits per heavy atom. The van der Waals surface area contributed by atoms with E-state index in [4.69, 9.17) is 12.6 Å². The fourth-order valence-corrected chi connectivity index (χ4v) is 2.06. The molecule has 0 fully saturated rings. The minimum Gasteiger partial charge on any atom is -0.466 e. The zero-order valence-corrected chi connectivity index (χ0v) is 10.7. The zero-order valence-electron chi connectivity index (χ0n) is 10.7. The molecule has 0 spiro atoms. The Morgan fingerprint density at radius 3 is 3.00 bits per heavy atom. The number of carbonyl (C=O) groups is 1. The van der Waals surface area contributed by atoms with Crippen LogP contribution in [0.1, 0.15) is 19.4 Å². The van der Waals surface area contributed by atoms with Crippen LogP contribution in [0.25, 0.3) is 10.9 Å². The molecule has 0 saturated heterocycles. The number of nitrogens with one attached hydrogen (secondary N) is 1. The lowest BCUT2D eigenvalue weighted by molar-refractivity contribution is -0.147. The maximum absolute atomic E-state index is 11.6. The number of rotatable bonds is 4. The maximum atomic E-state index is 11.6. The van der Waals surface area contributed by atoms with Crippen molar-refractivity contribution in [2.45, 2.75) is 20.3 Å². The number of H-pyrrole nitrogens is 1. The normalized spacial score (nSPS) is 12.6. The Kier molecular flexibility index (Phi) is 3.75. The van der Waals surface area contributed by atoms with E-state index in [1.807, 2.05) is 38.2 Å². The summed E-state index contributed by atoms with van der Waals surface area (Å²) in [5, 5.41) is 1.08. The quantitative estimate of drug-likeness (QED) is 0.653. The Hall–Kier alpha value is -1.71. The van der Waals surface area contributed by atoms with Crippen molar-refractivity contribution in [1.29, 1.82) is 0 Å². The average Bonchev–Trinajstić information content (AvgIpc) is 2.72. The Morgan fingerprint density at radius 2 is 2.28 bits per heavy atom. The van der Waals surface area contributed by atoms with Crippen LogP contribution < -0.4 is 5.46 Å². The third-order valence-electron chi connectivity index (χ3n) is 3.01. The summed E-state index contributed by atoms with van der Waals surface area (Å²) < 4.78 is 5.01. The van der Waals surface area contributed by atoms with Crippen LogP contribution in [0.3, 0.4) is 0 Å². The van der Waals surface area contributed by atoms with Gasteiger partial charge in [0.1, 0.15) is 7.85 Å².